The molecule has 0 spiro atoms. The highest BCUT2D eigenvalue weighted by Gasteiger charge is 2.19. The molecule has 8 nitrogen and oxygen atoms in total. The van der Waals surface area contributed by atoms with Gasteiger partial charge < -0.3 is 19.5 Å². The number of carbonyl (C=O) groups excluding carboxylic acids is 2. The average Bonchev–Trinajstić information content (AvgIpc) is 2.72. The normalized spacial score (nSPS) is 10.3. The van der Waals surface area contributed by atoms with E-state index in [-0.39, 0.29) is 11.3 Å². The number of benzene rings is 2. The van der Waals surface area contributed by atoms with Crippen molar-refractivity contribution in [2.45, 2.75) is 0 Å². The van der Waals surface area contributed by atoms with E-state index < -0.39 is 11.9 Å². The van der Waals surface area contributed by atoms with Crippen molar-refractivity contribution in [1.82, 2.24) is 9.97 Å². The largest absolute Gasteiger partial charge is 0.493 e. The van der Waals surface area contributed by atoms with Gasteiger partial charge in [-0.3, -0.25) is 14.8 Å². The number of nitrogens with one attached hydrogen (secondary N) is 1. The van der Waals surface area contributed by atoms with Crippen LogP contribution < -0.4 is 14.8 Å². The van der Waals surface area contributed by atoms with E-state index in [1.54, 1.807) is 30.6 Å². The summed E-state index contributed by atoms with van der Waals surface area (Å²) < 4.78 is 15.2. The van der Waals surface area contributed by atoms with Gasteiger partial charge in [-0.15, -0.1) is 0 Å². The molecule has 1 aromatic heterocycles. The number of anilines is 1. The van der Waals surface area contributed by atoms with Crippen molar-refractivity contribution in [3.8, 4) is 11.5 Å². The van der Waals surface area contributed by atoms with Gasteiger partial charge >= 0.3 is 5.97 Å². The third-order valence-corrected chi connectivity index (χ3v) is 3.91. The van der Waals surface area contributed by atoms with Crippen LogP contribution in [0, 0.1) is 0 Å². The smallest absolute Gasteiger partial charge is 0.340 e. The Morgan fingerprint density at radius 1 is 0.889 bits per heavy atom. The molecule has 3 aromatic rings. The lowest BCUT2D eigenvalue weighted by Crippen LogP contribution is -2.16. The Morgan fingerprint density at radius 3 is 2.22 bits per heavy atom. The van der Waals surface area contributed by atoms with Crippen LogP contribution in [0.25, 0.3) is 11.0 Å². The van der Waals surface area contributed by atoms with Crippen LogP contribution in [-0.4, -0.2) is 43.2 Å². The quantitative estimate of drug-likeness (QED) is 0.692. The predicted molar refractivity (Wildman–Crippen MR) is 98.4 cm³/mol. The maximum absolute atomic E-state index is 12.7. The van der Waals surface area contributed by atoms with Gasteiger partial charge in [0, 0.05) is 30.1 Å². The molecular formula is C19H17N3O5. The lowest BCUT2D eigenvalue weighted by Gasteiger charge is -2.14. The number of ether oxygens (including phenoxy) is 3. The number of hydrogen-bond acceptors (Lipinski definition) is 7. The minimum atomic E-state index is -0.615. The van der Waals surface area contributed by atoms with E-state index in [0.717, 1.165) is 0 Å². The number of amides is 1. The number of fused-ring (bicyclic) bond motifs is 1. The molecule has 0 aliphatic heterocycles. The van der Waals surface area contributed by atoms with Crippen LogP contribution in [0.2, 0.25) is 0 Å². The molecule has 0 aliphatic carbocycles. The van der Waals surface area contributed by atoms with Gasteiger partial charge in [0.05, 0.1) is 43.6 Å². The van der Waals surface area contributed by atoms with Crippen molar-refractivity contribution in [2.24, 2.45) is 0 Å². The minimum absolute atomic E-state index is 0.143. The van der Waals surface area contributed by atoms with E-state index in [1.165, 1.54) is 33.5 Å². The van der Waals surface area contributed by atoms with Gasteiger partial charge in [-0.1, -0.05) is 0 Å². The van der Waals surface area contributed by atoms with Crippen LogP contribution in [0.5, 0.6) is 11.5 Å². The molecule has 0 saturated carbocycles. The zero-order valence-electron chi connectivity index (χ0n) is 15.0. The molecule has 0 unspecified atom stereocenters. The molecule has 0 saturated heterocycles. The van der Waals surface area contributed by atoms with Crippen molar-refractivity contribution >= 4 is 28.6 Å². The van der Waals surface area contributed by atoms with E-state index in [4.69, 9.17) is 14.2 Å². The zero-order valence-corrected chi connectivity index (χ0v) is 15.0. The number of esters is 1. The summed E-state index contributed by atoms with van der Waals surface area (Å²) in [7, 11) is 4.17. The fourth-order valence-corrected chi connectivity index (χ4v) is 2.56. The highest BCUT2D eigenvalue weighted by atomic mass is 16.5. The number of aromatic nitrogens is 2. The highest BCUT2D eigenvalue weighted by molar-refractivity contribution is 6.09. The predicted octanol–water partition coefficient (Wildman–Crippen LogP) is 2.69. The second kappa shape index (κ2) is 7.69. The van der Waals surface area contributed by atoms with Gasteiger partial charge in [-0.2, -0.15) is 0 Å². The summed E-state index contributed by atoms with van der Waals surface area (Å²) in [5.41, 5.74) is 2.02. The minimum Gasteiger partial charge on any atom is -0.493 e. The summed E-state index contributed by atoms with van der Waals surface area (Å²) in [6.07, 6.45) is 3.13. The topological polar surface area (TPSA) is 99.6 Å². The number of methoxy groups -OCH3 is 3. The van der Waals surface area contributed by atoms with Crippen molar-refractivity contribution in [3.63, 3.8) is 0 Å². The van der Waals surface area contributed by atoms with Crippen molar-refractivity contribution in [1.29, 1.82) is 0 Å². The van der Waals surface area contributed by atoms with Gasteiger partial charge in [0.1, 0.15) is 0 Å². The Kier molecular flexibility index (Phi) is 5.16. The van der Waals surface area contributed by atoms with Gasteiger partial charge in [0.15, 0.2) is 11.5 Å². The van der Waals surface area contributed by atoms with Crippen LogP contribution >= 0.6 is 0 Å². The fraction of sp³-hybridized carbons (Fsp3) is 0.158. The first-order valence-electron chi connectivity index (χ1n) is 7.94. The Hall–Kier alpha value is -3.68. The Bertz CT molecular complexity index is 1020. The summed E-state index contributed by atoms with van der Waals surface area (Å²) in [4.78, 5) is 33.2. The maximum atomic E-state index is 12.7. The van der Waals surface area contributed by atoms with Crippen LogP contribution in [-0.2, 0) is 4.74 Å². The van der Waals surface area contributed by atoms with E-state index in [1.807, 2.05) is 0 Å². The Balaban J connectivity index is 1.99. The molecule has 0 aliphatic rings. The Labute approximate surface area is 155 Å². The zero-order chi connectivity index (χ0) is 19.4. The molecule has 1 N–H and O–H groups in total. The van der Waals surface area contributed by atoms with Crippen LogP contribution in [0.4, 0.5) is 5.69 Å². The van der Waals surface area contributed by atoms with E-state index in [9.17, 15) is 9.59 Å². The van der Waals surface area contributed by atoms with Crippen LogP contribution in [0.1, 0.15) is 20.7 Å². The average molecular weight is 367 g/mol. The molecule has 8 heteroatoms. The van der Waals surface area contributed by atoms with Gasteiger partial charge in [0.2, 0.25) is 0 Å². The third kappa shape index (κ3) is 3.64. The summed E-state index contributed by atoms with van der Waals surface area (Å²) in [5.74, 6) is -0.322. The number of hydrogen-bond donors (Lipinski definition) is 1. The van der Waals surface area contributed by atoms with E-state index in [0.29, 0.717) is 28.1 Å². The van der Waals surface area contributed by atoms with Gasteiger partial charge in [-0.25, -0.2) is 4.79 Å². The van der Waals surface area contributed by atoms with Gasteiger partial charge in [-0.05, 0) is 18.2 Å². The van der Waals surface area contributed by atoms with Crippen LogP contribution in [0.3, 0.4) is 0 Å². The fourth-order valence-electron chi connectivity index (χ4n) is 2.56. The summed E-state index contributed by atoms with van der Waals surface area (Å²) in [6.45, 7) is 0. The second-order valence-corrected chi connectivity index (χ2v) is 5.46. The molecule has 138 valence electrons. The molecule has 2 aromatic carbocycles. The van der Waals surface area contributed by atoms with Crippen molar-refractivity contribution < 1.29 is 23.8 Å². The molecule has 1 amide bonds. The lowest BCUT2D eigenvalue weighted by molar-refractivity contribution is 0.0601. The summed E-state index contributed by atoms with van der Waals surface area (Å²) >= 11 is 0. The number of nitrogens with zero attached hydrogens (tertiary/aromatic N) is 2. The maximum Gasteiger partial charge on any atom is 0.340 e. The molecule has 0 radical (unpaired) electrons. The first-order chi connectivity index (χ1) is 13.1. The van der Waals surface area contributed by atoms with Crippen molar-refractivity contribution in [2.75, 3.05) is 26.6 Å². The van der Waals surface area contributed by atoms with Crippen molar-refractivity contribution in [3.05, 3.63) is 53.9 Å². The van der Waals surface area contributed by atoms with Gasteiger partial charge in [0.25, 0.3) is 5.91 Å². The summed E-state index contributed by atoms with van der Waals surface area (Å²) in [6, 6.07) is 7.91. The summed E-state index contributed by atoms with van der Waals surface area (Å²) in [5, 5.41) is 2.71. The standard InChI is InChI=1S/C19H17N3O5/c1-25-16-9-12(19(24)27-3)14(10-17(16)26-2)22-18(23)11-4-5-13-15(8-11)21-7-6-20-13/h4-10H,1-3H3,(H,22,23). The van der Waals surface area contributed by atoms with E-state index in [2.05, 4.69) is 15.3 Å². The Morgan fingerprint density at radius 2 is 1.56 bits per heavy atom. The molecule has 0 bridgehead atoms. The molecular weight excluding hydrogens is 350 g/mol. The number of carbonyl (C=O) groups is 2. The van der Waals surface area contributed by atoms with E-state index >= 15 is 0 Å². The first-order valence-corrected chi connectivity index (χ1v) is 7.94. The molecule has 0 atom stereocenters. The second-order valence-electron chi connectivity index (χ2n) is 5.46. The lowest BCUT2D eigenvalue weighted by atomic mass is 10.1. The molecule has 27 heavy (non-hydrogen) atoms. The molecule has 1 heterocycles. The highest BCUT2D eigenvalue weighted by Crippen LogP contribution is 2.34. The SMILES string of the molecule is COC(=O)c1cc(OC)c(OC)cc1NC(=O)c1ccc2nccnc2c1. The first kappa shape index (κ1) is 18.1. The third-order valence-electron chi connectivity index (χ3n) is 3.91. The molecule has 0 fully saturated rings. The monoisotopic (exact) mass is 367 g/mol. The van der Waals surface area contributed by atoms with Crippen LogP contribution in [0.15, 0.2) is 42.7 Å². The molecule has 3 rings (SSSR count). The number of rotatable bonds is 5.